The van der Waals surface area contributed by atoms with Crippen LogP contribution in [0.25, 0.3) is 0 Å². The van der Waals surface area contributed by atoms with Crippen LogP contribution in [0.15, 0.2) is 72.8 Å². The third-order valence-corrected chi connectivity index (χ3v) is 5.73. The Labute approximate surface area is 179 Å². The van der Waals surface area contributed by atoms with Gasteiger partial charge in [-0.3, -0.25) is 0 Å². The molecule has 2 aromatic rings. The number of benzene rings is 2. The van der Waals surface area contributed by atoms with Crippen LogP contribution in [0.2, 0.25) is 0 Å². The van der Waals surface area contributed by atoms with Crippen LogP contribution in [0.3, 0.4) is 0 Å². The van der Waals surface area contributed by atoms with Crippen LogP contribution in [0, 0.1) is 0 Å². The predicted octanol–water partition coefficient (Wildman–Crippen LogP) is 6.11. The maximum atomic E-state index is 6.31. The minimum atomic E-state index is -0.702. The maximum absolute atomic E-state index is 6.31. The van der Waals surface area contributed by atoms with Crippen LogP contribution in [-0.2, 0) is 18.9 Å². The molecule has 2 fully saturated rings. The second-order valence-corrected chi connectivity index (χ2v) is 9.09. The zero-order valence-corrected chi connectivity index (χ0v) is 18.3. The monoisotopic (exact) mass is 408 g/mol. The summed E-state index contributed by atoms with van der Waals surface area (Å²) < 4.78 is 25.1. The standard InChI is InChI=1S/C26H32O4/c1-18(21-16-23(29-25(2,3)27-21)19-12-8-6-9-13-19)22-17-24(30-26(4,5)28-22)20-14-10-7-11-15-20/h6-15,21-24H,1,16-17H2,2-5H3/t21-,22+,23+,24-. The minimum absolute atomic E-state index is 0.0468. The topological polar surface area (TPSA) is 36.9 Å². The largest absolute Gasteiger partial charge is 0.343 e. The Morgan fingerprint density at radius 3 is 1.40 bits per heavy atom. The normalized spacial score (nSPS) is 30.5. The van der Waals surface area contributed by atoms with Gasteiger partial charge in [-0.25, -0.2) is 0 Å². The van der Waals surface area contributed by atoms with Crippen molar-refractivity contribution in [3.05, 3.63) is 83.9 Å². The fourth-order valence-corrected chi connectivity index (χ4v) is 4.41. The maximum Gasteiger partial charge on any atom is 0.164 e. The lowest BCUT2D eigenvalue weighted by atomic mass is 9.90. The van der Waals surface area contributed by atoms with Gasteiger partial charge >= 0.3 is 0 Å². The zero-order valence-electron chi connectivity index (χ0n) is 18.3. The third-order valence-electron chi connectivity index (χ3n) is 5.73. The van der Waals surface area contributed by atoms with Crippen LogP contribution in [0.5, 0.6) is 0 Å². The van der Waals surface area contributed by atoms with Crippen molar-refractivity contribution in [2.75, 3.05) is 0 Å². The fraction of sp³-hybridized carbons (Fsp3) is 0.462. The second-order valence-electron chi connectivity index (χ2n) is 9.09. The van der Waals surface area contributed by atoms with E-state index in [1.54, 1.807) is 0 Å². The molecular weight excluding hydrogens is 376 g/mol. The molecule has 4 rings (SSSR count). The highest BCUT2D eigenvalue weighted by molar-refractivity contribution is 5.23. The van der Waals surface area contributed by atoms with E-state index in [4.69, 9.17) is 18.9 Å². The molecule has 0 saturated carbocycles. The van der Waals surface area contributed by atoms with Crippen molar-refractivity contribution in [3.63, 3.8) is 0 Å². The molecule has 2 aromatic carbocycles. The summed E-state index contributed by atoms with van der Waals surface area (Å²) in [6.07, 6.45) is 1.01. The van der Waals surface area contributed by atoms with Crippen LogP contribution in [-0.4, -0.2) is 23.8 Å². The van der Waals surface area contributed by atoms with Crippen molar-refractivity contribution in [2.24, 2.45) is 0 Å². The molecule has 4 nitrogen and oxygen atoms in total. The predicted molar refractivity (Wildman–Crippen MR) is 117 cm³/mol. The van der Waals surface area contributed by atoms with E-state index >= 15 is 0 Å². The molecule has 2 saturated heterocycles. The van der Waals surface area contributed by atoms with Crippen molar-refractivity contribution < 1.29 is 18.9 Å². The van der Waals surface area contributed by atoms with Crippen LogP contribution < -0.4 is 0 Å². The van der Waals surface area contributed by atoms with E-state index in [1.165, 1.54) is 0 Å². The molecule has 0 radical (unpaired) electrons. The van der Waals surface area contributed by atoms with Crippen molar-refractivity contribution in [2.45, 2.75) is 76.5 Å². The van der Waals surface area contributed by atoms with E-state index in [9.17, 15) is 0 Å². The third kappa shape index (κ3) is 4.84. The molecule has 0 amide bonds. The Morgan fingerprint density at radius 2 is 1.03 bits per heavy atom. The summed E-state index contributed by atoms with van der Waals surface area (Å²) in [5.41, 5.74) is 3.26. The Morgan fingerprint density at radius 1 is 0.667 bits per heavy atom. The highest BCUT2D eigenvalue weighted by atomic mass is 16.7. The first kappa shape index (κ1) is 21.3. The van der Waals surface area contributed by atoms with E-state index in [1.807, 2.05) is 64.1 Å². The van der Waals surface area contributed by atoms with Crippen LogP contribution >= 0.6 is 0 Å². The van der Waals surface area contributed by atoms with Crippen LogP contribution in [0.1, 0.15) is 63.9 Å². The molecule has 2 aliphatic heterocycles. The summed E-state index contributed by atoms with van der Waals surface area (Å²) >= 11 is 0. The first-order chi connectivity index (χ1) is 14.2. The lowest BCUT2D eigenvalue weighted by Crippen LogP contribution is -2.47. The van der Waals surface area contributed by atoms with Gasteiger partial charge in [0.05, 0.1) is 24.4 Å². The van der Waals surface area contributed by atoms with Gasteiger partial charge in [0.25, 0.3) is 0 Å². The highest BCUT2D eigenvalue weighted by Crippen LogP contribution is 2.43. The second kappa shape index (κ2) is 8.27. The molecule has 2 aliphatic rings. The van der Waals surface area contributed by atoms with Gasteiger partial charge in [-0.05, 0) is 44.4 Å². The molecule has 160 valence electrons. The van der Waals surface area contributed by atoms with Gasteiger partial charge in [0.1, 0.15) is 0 Å². The molecule has 30 heavy (non-hydrogen) atoms. The van der Waals surface area contributed by atoms with E-state index in [0.29, 0.717) is 12.8 Å². The van der Waals surface area contributed by atoms with Gasteiger partial charge in [-0.2, -0.15) is 0 Å². The summed E-state index contributed by atoms with van der Waals surface area (Å²) in [4.78, 5) is 0. The van der Waals surface area contributed by atoms with Crippen LogP contribution in [0.4, 0.5) is 0 Å². The summed E-state index contributed by atoms with van der Waals surface area (Å²) in [6, 6.07) is 20.6. The summed E-state index contributed by atoms with van der Waals surface area (Å²) in [6.45, 7) is 12.3. The first-order valence-corrected chi connectivity index (χ1v) is 10.7. The SMILES string of the molecule is C=C([C@@H]1C[C@H](c2ccccc2)OC(C)(C)O1)[C@H]1C[C@@H](c2ccccc2)OC(C)(C)O1. The quantitative estimate of drug-likeness (QED) is 0.572. The average molecular weight is 409 g/mol. The average Bonchev–Trinajstić information content (AvgIpc) is 2.72. The van der Waals surface area contributed by atoms with Gasteiger partial charge < -0.3 is 18.9 Å². The van der Waals surface area contributed by atoms with Crippen molar-refractivity contribution in [3.8, 4) is 0 Å². The number of ether oxygens (including phenoxy) is 4. The first-order valence-electron chi connectivity index (χ1n) is 10.7. The zero-order chi connectivity index (χ0) is 21.4. The van der Waals surface area contributed by atoms with Crippen molar-refractivity contribution >= 4 is 0 Å². The molecule has 0 aromatic heterocycles. The molecule has 0 unspecified atom stereocenters. The molecule has 0 N–H and O–H groups in total. The van der Waals surface area contributed by atoms with Crippen molar-refractivity contribution in [1.82, 2.24) is 0 Å². The molecule has 2 heterocycles. The molecule has 4 atom stereocenters. The van der Waals surface area contributed by atoms with Gasteiger partial charge in [0.15, 0.2) is 11.6 Å². The van der Waals surface area contributed by atoms with E-state index < -0.39 is 11.6 Å². The Bertz CT molecular complexity index is 788. The lowest BCUT2D eigenvalue weighted by molar-refractivity contribution is -0.312. The molecular formula is C26H32O4. The number of hydrogen-bond donors (Lipinski definition) is 0. The smallest absolute Gasteiger partial charge is 0.164 e. The minimum Gasteiger partial charge on any atom is -0.343 e. The summed E-state index contributed by atoms with van der Waals surface area (Å²) in [5, 5.41) is 0. The molecule has 0 aliphatic carbocycles. The van der Waals surface area contributed by atoms with Gasteiger partial charge in [0, 0.05) is 12.8 Å². The van der Waals surface area contributed by atoms with Gasteiger partial charge in [-0.15, -0.1) is 0 Å². The summed E-state index contributed by atoms with van der Waals surface area (Å²) in [5.74, 6) is -1.40. The number of hydrogen-bond acceptors (Lipinski definition) is 4. The lowest BCUT2D eigenvalue weighted by Gasteiger charge is -2.46. The van der Waals surface area contributed by atoms with Crippen molar-refractivity contribution in [1.29, 1.82) is 0 Å². The Kier molecular flexibility index (Phi) is 5.86. The van der Waals surface area contributed by atoms with Gasteiger partial charge in [-0.1, -0.05) is 67.2 Å². The number of rotatable bonds is 4. The van der Waals surface area contributed by atoms with E-state index in [-0.39, 0.29) is 24.4 Å². The van der Waals surface area contributed by atoms with Gasteiger partial charge in [0.2, 0.25) is 0 Å². The highest BCUT2D eigenvalue weighted by Gasteiger charge is 2.43. The van der Waals surface area contributed by atoms with E-state index in [0.717, 1.165) is 16.7 Å². The molecule has 0 bridgehead atoms. The Balaban J connectivity index is 1.54. The molecule has 4 heteroatoms. The fourth-order valence-electron chi connectivity index (χ4n) is 4.41. The molecule has 0 spiro atoms. The Hall–Kier alpha value is -1.98. The summed E-state index contributed by atoms with van der Waals surface area (Å²) in [7, 11) is 0. The van der Waals surface area contributed by atoms with E-state index in [2.05, 4.69) is 30.8 Å².